The average Bonchev–Trinajstić information content (AvgIpc) is 2.25. The summed E-state index contributed by atoms with van der Waals surface area (Å²) >= 11 is 0.957. The quantitative estimate of drug-likeness (QED) is 0.809. The average molecular weight is 271 g/mol. The molecule has 6 nitrogen and oxygen atoms in total. The fourth-order valence-corrected chi connectivity index (χ4v) is 3.27. The molecule has 0 aliphatic carbocycles. The van der Waals surface area contributed by atoms with Crippen LogP contribution in [-0.4, -0.2) is 25.2 Å². The molecule has 0 atom stereocenters. The lowest BCUT2D eigenvalue weighted by Gasteiger charge is -2.16. The Morgan fingerprint density at radius 2 is 2.12 bits per heavy atom. The van der Waals surface area contributed by atoms with Gasteiger partial charge in [-0.1, -0.05) is 23.9 Å². The van der Waals surface area contributed by atoms with E-state index < -0.39 is 15.9 Å². The molecule has 1 aromatic carbocycles. The van der Waals surface area contributed by atoms with Crippen LogP contribution in [0.4, 0.5) is 5.69 Å². The molecule has 1 aliphatic heterocycles. The van der Waals surface area contributed by atoms with E-state index in [0.29, 0.717) is 5.69 Å². The largest absolute Gasteiger partial charge is 0.369 e. The molecule has 1 aromatic rings. The van der Waals surface area contributed by atoms with Gasteiger partial charge >= 0.3 is 0 Å². The highest BCUT2D eigenvalue weighted by atomic mass is 32.2. The van der Waals surface area contributed by atoms with Gasteiger partial charge in [-0.2, -0.15) is 8.42 Å². The number of anilines is 1. The smallest absolute Gasteiger partial charge is 0.286 e. The molecule has 0 spiro atoms. The molecule has 0 saturated heterocycles. The van der Waals surface area contributed by atoms with E-state index in [1.807, 2.05) is 0 Å². The number of rotatable bonds is 2. The van der Waals surface area contributed by atoms with Crippen LogP contribution in [0.25, 0.3) is 0 Å². The van der Waals surface area contributed by atoms with Gasteiger partial charge in [0.2, 0.25) is 5.91 Å². The Balaban J connectivity index is 2.32. The van der Waals surface area contributed by atoms with Gasteiger partial charge in [0.1, 0.15) is 4.90 Å². The van der Waals surface area contributed by atoms with Crippen molar-refractivity contribution in [1.29, 1.82) is 0 Å². The number of benzene rings is 1. The molecule has 90 valence electrons. The first-order valence-corrected chi connectivity index (χ1v) is 7.04. The Kier molecular flexibility index (Phi) is 3.07. The summed E-state index contributed by atoms with van der Waals surface area (Å²) < 4.78 is 27.1. The molecule has 3 N–H and O–H groups in total. The highest BCUT2D eigenvalue weighted by Gasteiger charge is 2.24. The van der Waals surface area contributed by atoms with E-state index >= 15 is 0 Å². The molecule has 0 bridgehead atoms. The monoisotopic (exact) mass is 271 g/mol. The van der Waals surface area contributed by atoms with E-state index in [1.165, 1.54) is 6.07 Å². The second-order valence-electron chi connectivity index (χ2n) is 3.25. The second kappa shape index (κ2) is 4.38. The maximum Gasteiger partial charge on any atom is 0.286 e. The van der Waals surface area contributed by atoms with Gasteiger partial charge in [-0.15, -0.1) is 4.40 Å². The van der Waals surface area contributed by atoms with Crippen molar-refractivity contribution >= 4 is 38.5 Å². The number of fused-ring (bicyclic) bond motifs is 1. The van der Waals surface area contributed by atoms with Crippen LogP contribution >= 0.6 is 11.8 Å². The first kappa shape index (κ1) is 11.9. The molecule has 8 heteroatoms. The van der Waals surface area contributed by atoms with E-state index in [9.17, 15) is 13.2 Å². The van der Waals surface area contributed by atoms with Crippen LogP contribution in [-0.2, 0) is 14.8 Å². The standard InChI is InChI=1S/C9H9N3O3S2/c10-8(13)5-16-9-11-6-3-1-2-4-7(6)17(14,15)12-9/h1-4H,5H2,(H2,10,13)(H,11,12). The van der Waals surface area contributed by atoms with Gasteiger partial charge in [0, 0.05) is 0 Å². The van der Waals surface area contributed by atoms with Crippen LogP contribution in [0, 0.1) is 0 Å². The Morgan fingerprint density at radius 3 is 2.82 bits per heavy atom. The SMILES string of the molecule is NC(=O)CSC1=NS(=O)(=O)c2ccccc2N1. The van der Waals surface area contributed by atoms with Crippen LogP contribution in [0.15, 0.2) is 33.6 Å². The summed E-state index contributed by atoms with van der Waals surface area (Å²) in [5.41, 5.74) is 5.43. The maximum atomic E-state index is 11.8. The minimum atomic E-state index is -3.69. The number of hydrogen-bond donors (Lipinski definition) is 2. The van der Waals surface area contributed by atoms with Gasteiger partial charge < -0.3 is 11.1 Å². The number of nitrogens with zero attached hydrogens (tertiary/aromatic N) is 1. The molecule has 0 fully saturated rings. The van der Waals surface area contributed by atoms with Gasteiger partial charge in [0.25, 0.3) is 10.0 Å². The van der Waals surface area contributed by atoms with Crippen molar-refractivity contribution < 1.29 is 13.2 Å². The topological polar surface area (TPSA) is 102 Å². The van der Waals surface area contributed by atoms with Gasteiger partial charge in [-0.05, 0) is 12.1 Å². The van der Waals surface area contributed by atoms with Crippen LogP contribution in [0.3, 0.4) is 0 Å². The Bertz CT molecular complexity index is 595. The zero-order valence-corrected chi connectivity index (χ0v) is 10.2. The van der Waals surface area contributed by atoms with Crippen molar-refractivity contribution in [3.8, 4) is 0 Å². The summed E-state index contributed by atoms with van der Waals surface area (Å²) in [5, 5.41) is 2.99. The van der Waals surface area contributed by atoms with Gasteiger partial charge in [-0.3, -0.25) is 4.79 Å². The third-order valence-corrected chi connectivity index (χ3v) is 4.31. The van der Waals surface area contributed by atoms with Crippen LogP contribution < -0.4 is 11.1 Å². The zero-order chi connectivity index (χ0) is 12.5. The highest BCUT2D eigenvalue weighted by Crippen LogP contribution is 2.28. The fourth-order valence-electron chi connectivity index (χ4n) is 1.29. The van der Waals surface area contributed by atoms with Gasteiger partial charge in [0.05, 0.1) is 11.4 Å². The predicted molar refractivity (Wildman–Crippen MR) is 66.3 cm³/mol. The number of nitrogens with one attached hydrogen (secondary N) is 1. The van der Waals surface area contributed by atoms with Gasteiger partial charge in [-0.25, -0.2) is 0 Å². The first-order valence-electron chi connectivity index (χ1n) is 4.61. The molecular weight excluding hydrogens is 262 g/mol. The normalized spacial score (nSPS) is 16.6. The Hall–Kier alpha value is -1.54. The van der Waals surface area contributed by atoms with Crippen molar-refractivity contribution in [3.05, 3.63) is 24.3 Å². The number of amides is 1. The first-order chi connectivity index (χ1) is 7.99. The third kappa shape index (κ3) is 2.59. The van der Waals surface area contributed by atoms with Crippen molar-refractivity contribution in [2.45, 2.75) is 4.90 Å². The number of thioether (sulfide) groups is 1. The van der Waals surface area contributed by atoms with Gasteiger partial charge in [0.15, 0.2) is 5.17 Å². The maximum absolute atomic E-state index is 11.8. The fraction of sp³-hybridized carbons (Fsp3) is 0.111. The lowest BCUT2D eigenvalue weighted by atomic mass is 10.3. The molecule has 0 radical (unpaired) electrons. The molecule has 1 aliphatic rings. The minimum absolute atomic E-state index is 0.0243. The molecule has 1 heterocycles. The summed E-state index contributed by atoms with van der Waals surface area (Å²) in [5.74, 6) is -0.556. The lowest BCUT2D eigenvalue weighted by molar-refractivity contribution is -0.115. The molecule has 0 saturated carbocycles. The molecule has 0 aromatic heterocycles. The van der Waals surface area contributed by atoms with Crippen molar-refractivity contribution in [2.24, 2.45) is 10.1 Å². The molecule has 0 unspecified atom stereocenters. The van der Waals surface area contributed by atoms with E-state index in [1.54, 1.807) is 18.2 Å². The molecule has 17 heavy (non-hydrogen) atoms. The van der Waals surface area contributed by atoms with Crippen LogP contribution in [0.5, 0.6) is 0 Å². The van der Waals surface area contributed by atoms with Crippen molar-refractivity contribution in [2.75, 3.05) is 11.1 Å². The van der Waals surface area contributed by atoms with Crippen LogP contribution in [0.2, 0.25) is 0 Å². The summed E-state index contributed by atoms with van der Waals surface area (Å²) in [6.07, 6.45) is 0. The Labute approximate surface area is 102 Å². The highest BCUT2D eigenvalue weighted by molar-refractivity contribution is 8.15. The lowest BCUT2D eigenvalue weighted by Crippen LogP contribution is -2.22. The summed E-state index contributed by atoms with van der Waals surface area (Å²) in [7, 11) is -3.69. The number of para-hydroxylation sites is 1. The summed E-state index contributed by atoms with van der Waals surface area (Å²) in [4.78, 5) is 10.7. The number of primary amides is 1. The van der Waals surface area contributed by atoms with E-state index in [0.717, 1.165) is 11.8 Å². The second-order valence-corrected chi connectivity index (χ2v) is 5.78. The zero-order valence-electron chi connectivity index (χ0n) is 8.58. The molecule has 1 amide bonds. The van der Waals surface area contributed by atoms with E-state index in [4.69, 9.17) is 5.73 Å². The number of nitrogens with two attached hydrogens (primary N) is 1. The number of sulfonamides is 1. The Morgan fingerprint density at radius 1 is 1.41 bits per heavy atom. The third-order valence-electron chi connectivity index (χ3n) is 1.96. The summed E-state index contributed by atoms with van der Waals surface area (Å²) in [6, 6.07) is 6.43. The van der Waals surface area contributed by atoms with Crippen molar-refractivity contribution in [1.82, 2.24) is 0 Å². The van der Waals surface area contributed by atoms with Crippen molar-refractivity contribution in [3.63, 3.8) is 0 Å². The summed E-state index contributed by atoms with van der Waals surface area (Å²) in [6.45, 7) is 0. The number of carbonyl (C=O) groups is 1. The molecular formula is C9H9N3O3S2. The minimum Gasteiger partial charge on any atom is -0.369 e. The predicted octanol–water partition coefficient (Wildman–Crippen LogP) is 0.375. The van der Waals surface area contributed by atoms with E-state index in [-0.39, 0.29) is 15.8 Å². The molecule has 2 rings (SSSR count). The van der Waals surface area contributed by atoms with E-state index in [2.05, 4.69) is 9.71 Å². The van der Waals surface area contributed by atoms with Crippen LogP contribution in [0.1, 0.15) is 0 Å². The number of carbonyl (C=O) groups excluding carboxylic acids is 1. The number of amidine groups is 1. The number of hydrogen-bond acceptors (Lipinski definition) is 5.